The fraction of sp³-hybridized carbons (Fsp3) is 0.333. The molecule has 0 aromatic heterocycles. The highest BCUT2D eigenvalue weighted by molar-refractivity contribution is 8.26. The molecule has 0 saturated carbocycles. The van der Waals surface area contributed by atoms with Crippen LogP contribution in [0.15, 0.2) is 47.4 Å². The molecule has 1 heterocycles. The maximum absolute atomic E-state index is 12.3. The van der Waals surface area contributed by atoms with Gasteiger partial charge in [-0.15, -0.1) is 0 Å². The molecular formula is C18H21NOS2. The molecule has 1 fully saturated rings. The summed E-state index contributed by atoms with van der Waals surface area (Å²) in [6.07, 6.45) is 10.4. The average molecular weight is 332 g/mol. The maximum atomic E-state index is 12.3. The van der Waals surface area contributed by atoms with Crippen LogP contribution in [0, 0.1) is 0 Å². The summed E-state index contributed by atoms with van der Waals surface area (Å²) in [6.45, 7) is 2.92. The molecule has 1 saturated heterocycles. The van der Waals surface area contributed by atoms with Crippen LogP contribution in [-0.4, -0.2) is 21.7 Å². The molecule has 116 valence electrons. The van der Waals surface area contributed by atoms with Crippen molar-refractivity contribution >= 4 is 40.3 Å². The molecule has 0 atom stereocenters. The first-order chi connectivity index (χ1) is 10.7. The van der Waals surface area contributed by atoms with Crippen LogP contribution in [0.3, 0.4) is 0 Å². The Morgan fingerprint density at radius 1 is 1.18 bits per heavy atom. The summed E-state index contributed by atoms with van der Waals surface area (Å²) in [6, 6.07) is 10.0. The normalized spacial score (nSPS) is 17.1. The van der Waals surface area contributed by atoms with Crippen LogP contribution in [-0.2, 0) is 4.79 Å². The van der Waals surface area contributed by atoms with E-state index >= 15 is 0 Å². The van der Waals surface area contributed by atoms with E-state index in [-0.39, 0.29) is 5.91 Å². The molecule has 0 bridgehead atoms. The average Bonchev–Trinajstić information content (AvgIpc) is 2.80. The number of benzene rings is 1. The molecule has 4 heteroatoms. The van der Waals surface area contributed by atoms with E-state index < -0.39 is 0 Å². The first-order valence-corrected chi connectivity index (χ1v) is 8.92. The second kappa shape index (κ2) is 8.91. The molecule has 0 aliphatic carbocycles. The Hall–Kier alpha value is -1.39. The van der Waals surface area contributed by atoms with Crippen LogP contribution in [0.5, 0.6) is 0 Å². The lowest BCUT2D eigenvalue weighted by atomic mass is 10.2. The lowest BCUT2D eigenvalue weighted by Crippen LogP contribution is -2.28. The fourth-order valence-corrected chi connectivity index (χ4v) is 3.47. The van der Waals surface area contributed by atoms with E-state index in [1.165, 1.54) is 24.6 Å². The minimum Gasteiger partial charge on any atom is -0.293 e. The summed E-state index contributed by atoms with van der Waals surface area (Å²) < 4.78 is 0.681. The molecule has 1 amide bonds. The topological polar surface area (TPSA) is 20.3 Å². The van der Waals surface area contributed by atoms with Gasteiger partial charge in [0.2, 0.25) is 0 Å². The predicted octanol–water partition coefficient (Wildman–Crippen LogP) is 5.02. The zero-order valence-electron chi connectivity index (χ0n) is 12.8. The highest BCUT2D eigenvalue weighted by Gasteiger charge is 2.30. The quantitative estimate of drug-likeness (QED) is 0.397. The Bertz CT molecular complexity index is 578. The number of amides is 1. The minimum atomic E-state index is 0.0456. The zero-order chi connectivity index (χ0) is 15.8. The Morgan fingerprint density at radius 2 is 1.95 bits per heavy atom. The number of carbonyl (C=O) groups is 1. The molecular weight excluding hydrogens is 310 g/mol. The largest absolute Gasteiger partial charge is 0.293 e. The molecule has 1 aliphatic heterocycles. The second-order valence-electron chi connectivity index (χ2n) is 5.19. The first-order valence-electron chi connectivity index (χ1n) is 7.69. The second-order valence-corrected chi connectivity index (χ2v) is 6.86. The van der Waals surface area contributed by atoms with Gasteiger partial charge in [0.25, 0.3) is 5.91 Å². The van der Waals surface area contributed by atoms with Crippen LogP contribution in [0.2, 0.25) is 0 Å². The number of carbonyl (C=O) groups excluding carboxylic acids is 1. The first kappa shape index (κ1) is 17.0. The van der Waals surface area contributed by atoms with E-state index in [9.17, 15) is 4.79 Å². The molecule has 0 spiro atoms. The van der Waals surface area contributed by atoms with Crippen molar-refractivity contribution in [1.29, 1.82) is 0 Å². The van der Waals surface area contributed by atoms with Gasteiger partial charge in [-0.25, -0.2) is 0 Å². The summed E-state index contributed by atoms with van der Waals surface area (Å²) >= 11 is 6.72. The molecule has 0 N–H and O–H groups in total. The van der Waals surface area contributed by atoms with Gasteiger partial charge in [-0.1, -0.05) is 92.6 Å². The molecule has 22 heavy (non-hydrogen) atoms. The van der Waals surface area contributed by atoms with Gasteiger partial charge in [-0.05, 0) is 18.1 Å². The SMILES string of the molecule is CCCCCCN1C(=O)/C(=C\C=C\c2ccccc2)SC1=S. The minimum absolute atomic E-state index is 0.0456. The molecule has 0 unspecified atom stereocenters. The summed E-state index contributed by atoms with van der Waals surface area (Å²) in [5, 5.41) is 0. The van der Waals surface area contributed by atoms with Crippen molar-refractivity contribution in [3.63, 3.8) is 0 Å². The van der Waals surface area contributed by atoms with Crippen LogP contribution in [0.1, 0.15) is 38.2 Å². The van der Waals surface area contributed by atoms with E-state index in [1.54, 1.807) is 4.90 Å². The standard InChI is InChI=1S/C18H21NOS2/c1-2-3-4-8-14-19-17(20)16(22-18(19)21)13-9-12-15-10-6-5-7-11-15/h5-7,9-13H,2-4,8,14H2,1H3/b12-9+,16-13+. The van der Waals surface area contributed by atoms with Gasteiger partial charge < -0.3 is 0 Å². The third kappa shape index (κ3) is 4.82. The smallest absolute Gasteiger partial charge is 0.266 e. The summed E-state index contributed by atoms with van der Waals surface area (Å²) in [5.74, 6) is 0.0456. The molecule has 1 aliphatic rings. The monoisotopic (exact) mass is 331 g/mol. The van der Waals surface area contributed by atoms with Crippen LogP contribution in [0.25, 0.3) is 6.08 Å². The van der Waals surface area contributed by atoms with Gasteiger partial charge in [-0.2, -0.15) is 0 Å². The van der Waals surface area contributed by atoms with Gasteiger partial charge in [0.05, 0.1) is 4.91 Å². The third-order valence-electron chi connectivity index (χ3n) is 3.44. The van der Waals surface area contributed by atoms with E-state index in [4.69, 9.17) is 12.2 Å². The van der Waals surface area contributed by atoms with Gasteiger partial charge in [0.1, 0.15) is 4.32 Å². The number of allylic oxidation sites excluding steroid dienone is 2. The lowest BCUT2D eigenvalue weighted by Gasteiger charge is -2.13. The van der Waals surface area contributed by atoms with Gasteiger partial charge in [-0.3, -0.25) is 9.69 Å². The Balaban J connectivity index is 1.93. The number of hydrogen-bond acceptors (Lipinski definition) is 3. The zero-order valence-corrected chi connectivity index (χ0v) is 14.5. The maximum Gasteiger partial charge on any atom is 0.266 e. The number of thiocarbonyl (C=S) groups is 1. The van der Waals surface area contributed by atoms with E-state index in [1.807, 2.05) is 48.6 Å². The van der Waals surface area contributed by atoms with E-state index in [0.717, 1.165) is 24.9 Å². The number of rotatable bonds is 7. The van der Waals surface area contributed by atoms with Crippen molar-refractivity contribution in [2.75, 3.05) is 6.54 Å². The molecule has 2 nitrogen and oxygen atoms in total. The van der Waals surface area contributed by atoms with Crippen molar-refractivity contribution in [3.05, 3.63) is 53.0 Å². The Labute approximate surface area is 142 Å². The highest BCUT2D eigenvalue weighted by atomic mass is 32.2. The van der Waals surface area contributed by atoms with Gasteiger partial charge in [0.15, 0.2) is 0 Å². The molecule has 1 aromatic rings. The predicted molar refractivity (Wildman–Crippen MR) is 99.6 cm³/mol. The number of hydrogen-bond donors (Lipinski definition) is 0. The van der Waals surface area contributed by atoms with E-state index in [2.05, 4.69) is 6.92 Å². The van der Waals surface area contributed by atoms with Crippen molar-refractivity contribution < 1.29 is 4.79 Å². The molecule has 2 rings (SSSR count). The van der Waals surface area contributed by atoms with Crippen LogP contribution < -0.4 is 0 Å². The van der Waals surface area contributed by atoms with Crippen molar-refractivity contribution in [2.24, 2.45) is 0 Å². The molecule has 1 aromatic carbocycles. The third-order valence-corrected chi connectivity index (χ3v) is 4.84. The molecule has 0 radical (unpaired) electrons. The fourth-order valence-electron chi connectivity index (χ4n) is 2.21. The van der Waals surface area contributed by atoms with E-state index in [0.29, 0.717) is 9.23 Å². The summed E-state index contributed by atoms with van der Waals surface area (Å²) in [5.41, 5.74) is 1.12. The van der Waals surface area contributed by atoms with Crippen LogP contribution in [0.4, 0.5) is 0 Å². The number of thioether (sulfide) groups is 1. The highest BCUT2D eigenvalue weighted by Crippen LogP contribution is 2.31. The Kier molecular flexibility index (Phi) is 6.87. The summed E-state index contributed by atoms with van der Waals surface area (Å²) in [4.78, 5) is 14.8. The van der Waals surface area contributed by atoms with Gasteiger partial charge in [0, 0.05) is 6.54 Å². The summed E-state index contributed by atoms with van der Waals surface area (Å²) in [7, 11) is 0. The van der Waals surface area contributed by atoms with Gasteiger partial charge >= 0.3 is 0 Å². The van der Waals surface area contributed by atoms with Crippen LogP contribution >= 0.6 is 24.0 Å². The number of nitrogens with zero attached hydrogens (tertiary/aromatic N) is 1. The van der Waals surface area contributed by atoms with Crippen molar-refractivity contribution in [2.45, 2.75) is 32.6 Å². The number of unbranched alkanes of at least 4 members (excludes halogenated alkanes) is 3. The Morgan fingerprint density at radius 3 is 2.68 bits per heavy atom. The van der Waals surface area contributed by atoms with Crippen molar-refractivity contribution in [1.82, 2.24) is 4.90 Å². The lowest BCUT2D eigenvalue weighted by molar-refractivity contribution is -0.122. The van der Waals surface area contributed by atoms with Crippen molar-refractivity contribution in [3.8, 4) is 0 Å².